The molecule has 6 nitrogen and oxygen atoms in total. The highest BCUT2D eigenvalue weighted by molar-refractivity contribution is 7.92. The normalized spacial score (nSPS) is 11.0. The smallest absolute Gasteiger partial charge is 0.264 e. The molecule has 0 saturated carbocycles. The Balaban J connectivity index is 1.62. The fourth-order valence-corrected chi connectivity index (χ4v) is 5.10. The lowest BCUT2D eigenvalue weighted by atomic mass is 10.2. The topological polar surface area (TPSA) is 75.7 Å². The van der Waals surface area contributed by atoms with Crippen LogP contribution in [-0.2, 0) is 14.8 Å². The summed E-state index contributed by atoms with van der Waals surface area (Å²) >= 11 is 6.00. The lowest BCUT2D eigenvalue weighted by Crippen LogP contribution is -2.38. The van der Waals surface area contributed by atoms with Gasteiger partial charge in [-0.25, -0.2) is 8.42 Å². The third-order valence-electron chi connectivity index (χ3n) is 5.18. The van der Waals surface area contributed by atoms with Crippen molar-refractivity contribution < 1.29 is 17.9 Å². The lowest BCUT2D eigenvalue weighted by molar-refractivity contribution is -0.114. The number of para-hydroxylation sites is 1. The molecule has 0 radical (unpaired) electrons. The molecular weight excluding hydrogens is 484 g/mol. The number of hydrogen-bond donors (Lipinski definition) is 1. The first kappa shape index (κ1) is 24.3. The molecule has 0 bridgehead atoms. The Morgan fingerprint density at radius 1 is 0.857 bits per heavy atom. The number of carbonyl (C=O) groups is 1. The van der Waals surface area contributed by atoms with Crippen LogP contribution in [0.4, 0.5) is 11.4 Å². The average Bonchev–Trinajstić information content (AvgIpc) is 2.86. The van der Waals surface area contributed by atoms with Crippen molar-refractivity contribution in [1.82, 2.24) is 0 Å². The van der Waals surface area contributed by atoms with Crippen LogP contribution >= 0.6 is 11.6 Å². The van der Waals surface area contributed by atoms with Crippen LogP contribution < -0.4 is 14.4 Å². The summed E-state index contributed by atoms with van der Waals surface area (Å²) in [7, 11) is -4.02. The summed E-state index contributed by atoms with van der Waals surface area (Å²) in [6.45, 7) is 1.39. The SMILES string of the molecule is Cc1cc(Cl)ccc1NC(=O)CN(c1ccc(Oc2ccccc2)cc1)S(=O)(=O)c1ccccc1. The molecule has 4 aromatic rings. The molecule has 1 amide bonds. The zero-order valence-electron chi connectivity index (χ0n) is 18.9. The first-order chi connectivity index (χ1) is 16.8. The van der Waals surface area contributed by atoms with Crippen LogP contribution in [0.3, 0.4) is 0 Å². The van der Waals surface area contributed by atoms with Crippen molar-refractivity contribution in [2.45, 2.75) is 11.8 Å². The quantitative estimate of drug-likeness (QED) is 0.305. The summed E-state index contributed by atoms with van der Waals surface area (Å²) in [4.78, 5) is 13.0. The van der Waals surface area contributed by atoms with Gasteiger partial charge < -0.3 is 10.1 Å². The summed E-state index contributed by atoms with van der Waals surface area (Å²) in [5.41, 5.74) is 1.66. The maximum absolute atomic E-state index is 13.5. The van der Waals surface area contributed by atoms with Gasteiger partial charge in [0.05, 0.1) is 10.6 Å². The summed E-state index contributed by atoms with van der Waals surface area (Å²) in [6, 6.07) is 28.9. The Kier molecular flexibility index (Phi) is 7.39. The number of sulfonamides is 1. The van der Waals surface area contributed by atoms with Crippen molar-refractivity contribution in [2.24, 2.45) is 0 Å². The van der Waals surface area contributed by atoms with Crippen LogP contribution in [0.2, 0.25) is 5.02 Å². The van der Waals surface area contributed by atoms with Crippen LogP contribution in [0.25, 0.3) is 0 Å². The zero-order chi connectivity index (χ0) is 24.8. The van der Waals surface area contributed by atoms with E-state index in [9.17, 15) is 13.2 Å². The maximum atomic E-state index is 13.5. The number of nitrogens with zero attached hydrogens (tertiary/aromatic N) is 1. The molecule has 4 aromatic carbocycles. The highest BCUT2D eigenvalue weighted by Crippen LogP contribution is 2.28. The third kappa shape index (κ3) is 6.01. The number of ether oxygens (including phenoxy) is 1. The van der Waals surface area contributed by atoms with E-state index in [0.717, 1.165) is 9.87 Å². The largest absolute Gasteiger partial charge is 0.457 e. The van der Waals surface area contributed by atoms with Crippen molar-refractivity contribution in [1.29, 1.82) is 0 Å². The summed E-state index contributed by atoms with van der Waals surface area (Å²) in [5, 5.41) is 3.32. The fourth-order valence-electron chi connectivity index (χ4n) is 3.43. The second-order valence-corrected chi connectivity index (χ2v) is 10.0. The van der Waals surface area contributed by atoms with Gasteiger partial charge in [-0.3, -0.25) is 9.10 Å². The highest BCUT2D eigenvalue weighted by Gasteiger charge is 2.27. The molecule has 0 unspecified atom stereocenters. The Bertz CT molecular complexity index is 1410. The van der Waals surface area contributed by atoms with E-state index in [-0.39, 0.29) is 4.90 Å². The average molecular weight is 507 g/mol. The first-order valence-electron chi connectivity index (χ1n) is 10.8. The van der Waals surface area contributed by atoms with E-state index in [1.807, 2.05) is 37.3 Å². The molecule has 1 N–H and O–H groups in total. The molecular formula is C27H23ClN2O4S. The molecule has 0 spiro atoms. The number of aryl methyl sites for hydroxylation is 1. The molecule has 35 heavy (non-hydrogen) atoms. The van der Waals surface area contributed by atoms with E-state index in [0.29, 0.717) is 27.9 Å². The van der Waals surface area contributed by atoms with Crippen molar-refractivity contribution in [3.05, 3.63) is 114 Å². The van der Waals surface area contributed by atoms with Crippen LogP contribution in [-0.4, -0.2) is 20.9 Å². The van der Waals surface area contributed by atoms with E-state index in [1.165, 1.54) is 12.1 Å². The van der Waals surface area contributed by atoms with Crippen LogP contribution in [0.5, 0.6) is 11.5 Å². The lowest BCUT2D eigenvalue weighted by Gasteiger charge is -2.24. The van der Waals surface area contributed by atoms with Crippen LogP contribution in [0.15, 0.2) is 108 Å². The second-order valence-electron chi connectivity index (χ2n) is 7.74. The Hall–Kier alpha value is -3.81. The molecule has 0 fully saturated rings. The van der Waals surface area contributed by atoms with E-state index in [4.69, 9.17) is 16.3 Å². The van der Waals surface area contributed by atoms with Gasteiger partial charge in [-0.05, 0) is 79.2 Å². The number of carbonyl (C=O) groups excluding carboxylic acids is 1. The monoisotopic (exact) mass is 506 g/mol. The molecule has 0 atom stereocenters. The number of benzene rings is 4. The van der Waals surface area contributed by atoms with E-state index in [1.54, 1.807) is 60.7 Å². The van der Waals surface area contributed by atoms with Gasteiger partial charge in [0.1, 0.15) is 18.0 Å². The second kappa shape index (κ2) is 10.6. The Morgan fingerprint density at radius 2 is 1.46 bits per heavy atom. The standard InChI is InChI=1S/C27H23ClN2O4S/c1-20-18-21(28)12-17-26(20)29-27(31)19-30(35(32,33)25-10-6-3-7-11-25)22-13-15-24(16-14-22)34-23-8-4-2-5-9-23/h2-18H,19H2,1H3,(H,29,31). The Labute approximate surface area is 209 Å². The minimum Gasteiger partial charge on any atom is -0.457 e. The third-order valence-corrected chi connectivity index (χ3v) is 7.21. The predicted octanol–water partition coefficient (Wildman–Crippen LogP) is 6.27. The highest BCUT2D eigenvalue weighted by atomic mass is 35.5. The molecule has 0 aliphatic heterocycles. The molecule has 0 heterocycles. The van der Waals surface area contributed by atoms with Gasteiger partial charge in [-0.2, -0.15) is 0 Å². The Morgan fingerprint density at radius 3 is 2.09 bits per heavy atom. The van der Waals surface area contributed by atoms with Gasteiger partial charge in [-0.15, -0.1) is 0 Å². The molecule has 8 heteroatoms. The zero-order valence-corrected chi connectivity index (χ0v) is 20.5. The first-order valence-corrected chi connectivity index (χ1v) is 12.6. The van der Waals surface area contributed by atoms with Crippen molar-refractivity contribution in [2.75, 3.05) is 16.2 Å². The minimum atomic E-state index is -4.02. The van der Waals surface area contributed by atoms with Crippen molar-refractivity contribution in [3.8, 4) is 11.5 Å². The molecule has 0 aliphatic carbocycles. The summed E-state index contributed by atoms with van der Waals surface area (Å²) in [5.74, 6) is 0.713. The molecule has 0 saturated heterocycles. The van der Waals surface area contributed by atoms with Gasteiger partial charge >= 0.3 is 0 Å². The van der Waals surface area contributed by atoms with E-state index < -0.39 is 22.5 Å². The van der Waals surface area contributed by atoms with Crippen molar-refractivity contribution in [3.63, 3.8) is 0 Å². The van der Waals surface area contributed by atoms with Crippen LogP contribution in [0.1, 0.15) is 5.56 Å². The maximum Gasteiger partial charge on any atom is 0.264 e. The predicted molar refractivity (Wildman–Crippen MR) is 139 cm³/mol. The number of amides is 1. The number of hydrogen-bond acceptors (Lipinski definition) is 4. The van der Waals surface area contributed by atoms with E-state index in [2.05, 4.69) is 5.32 Å². The summed E-state index contributed by atoms with van der Waals surface area (Å²) in [6.07, 6.45) is 0. The number of rotatable bonds is 8. The molecule has 0 aliphatic rings. The fraction of sp³-hybridized carbons (Fsp3) is 0.0741. The van der Waals surface area contributed by atoms with Crippen LogP contribution in [0, 0.1) is 6.92 Å². The van der Waals surface area contributed by atoms with Gasteiger partial charge in [0.15, 0.2) is 0 Å². The number of nitrogens with one attached hydrogen (secondary N) is 1. The molecule has 178 valence electrons. The van der Waals surface area contributed by atoms with Gasteiger partial charge in [0, 0.05) is 10.7 Å². The molecule has 0 aromatic heterocycles. The van der Waals surface area contributed by atoms with Gasteiger partial charge in [0.25, 0.3) is 10.0 Å². The molecule has 4 rings (SSSR count). The minimum absolute atomic E-state index is 0.0834. The van der Waals surface area contributed by atoms with Gasteiger partial charge in [-0.1, -0.05) is 48.0 Å². The number of halogens is 1. The van der Waals surface area contributed by atoms with Crippen molar-refractivity contribution >= 4 is 38.9 Å². The van der Waals surface area contributed by atoms with E-state index >= 15 is 0 Å². The van der Waals surface area contributed by atoms with Gasteiger partial charge in [0.2, 0.25) is 5.91 Å². The summed E-state index contributed by atoms with van der Waals surface area (Å²) < 4.78 is 33.9. The number of anilines is 2.